The topological polar surface area (TPSA) is 72.3 Å². The number of H-pyrrole nitrogens is 1. The number of aromatic amines is 1. The molecule has 2 rings (SSSR count). The Morgan fingerprint density at radius 1 is 1.43 bits per heavy atom. The van der Waals surface area contributed by atoms with Crippen molar-refractivity contribution in [3.8, 4) is 5.75 Å². The Morgan fingerprint density at radius 2 is 2.14 bits per heavy atom. The Balaban J connectivity index is 2.20. The molecule has 0 fully saturated rings. The summed E-state index contributed by atoms with van der Waals surface area (Å²) in [6.45, 7) is 4.34. The molecular weight excluding hydrogens is 288 g/mol. The second-order valence-electron chi connectivity index (χ2n) is 4.39. The minimum absolute atomic E-state index is 0.157. The maximum Gasteiger partial charge on any atom is 0.296 e. The molecule has 0 atom stereocenters. The lowest BCUT2D eigenvalue weighted by Crippen LogP contribution is -2.22. The largest absolute Gasteiger partial charge is 0.494 e. The predicted molar refractivity (Wildman–Crippen MR) is 83.6 cm³/mol. The van der Waals surface area contributed by atoms with Crippen LogP contribution in [-0.2, 0) is 0 Å². The smallest absolute Gasteiger partial charge is 0.296 e. The minimum atomic E-state index is -0.335. The molecular formula is C14H16N4O2S. The lowest BCUT2D eigenvalue weighted by atomic mass is 10.2. The highest BCUT2D eigenvalue weighted by Gasteiger charge is 2.00. The number of rotatable bonds is 5. The summed E-state index contributed by atoms with van der Waals surface area (Å²) in [6.07, 6.45) is 2.53. The molecule has 0 aliphatic heterocycles. The van der Waals surface area contributed by atoms with E-state index in [2.05, 4.69) is 22.2 Å². The number of aromatic nitrogens is 3. The van der Waals surface area contributed by atoms with Crippen molar-refractivity contribution in [2.45, 2.75) is 20.3 Å². The van der Waals surface area contributed by atoms with Crippen LogP contribution in [0.1, 0.15) is 24.6 Å². The van der Waals surface area contributed by atoms with Gasteiger partial charge in [-0.2, -0.15) is 14.9 Å². The van der Waals surface area contributed by atoms with E-state index in [1.807, 2.05) is 24.3 Å². The Bertz CT molecular complexity index is 747. The average Bonchev–Trinajstić information content (AvgIpc) is 2.50. The Hall–Kier alpha value is -2.28. The van der Waals surface area contributed by atoms with Gasteiger partial charge < -0.3 is 4.74 Å². The van der Waals surface area contributed by atoms with Crippen molar-refractivity contribution in [1.82, 2.24) is 14.9 Å². The maximum absolute atomic E-state index is 11.9. The Labute approximate surface area is 127 Å². The monoisotopic (exact) mass is 304 g/mol. The van der Waals surface area contributed by atoms with Crippen LogP contribution in [0.3, 0.4) is 0 Å². The lowest BCUT2D eigenvalue weighted by molar-refractivity contribution is 0.317. The maximum atomic E-state index is 11.9. The summed E-state index contributed by atoms with van der Waals surface area (Å²) in [5.74, 6) is 0.809. The van der Waals surface area contributed by atoms with E-state index in [1.54, 1.807) is 13.1 Å². The molecule has 0 amide bonds. The van der Waals surface area contributed by atoms with Gasteiger partial charge in [-0.3, -0.25) is 9.89 Å². The fourth-order valence-electron chi connectivity index (χ4n) is 1.57. The SMILES string of the molecule is CCCOc1ccc(/C=N\n2c(=S)[nH]nc(C)c2=O)cc1. The van der Waals surface area contributed by atoms with E-state index in [0.29, 0.717) is 12.3 Å². The van der Waals surface area contributed by atoms with E-state index in [0.717, 1.165) is 22.4 Å². The molecule has 0 radical (unpaired) electrons. The fourth-order valence-corrected chi connectivity index (χ4v) is 1.75. The van der Waals surface area contributed by atoms with Gasteiger partial charge in [0, 0.05) is 0 Å². The van der Waals surface area contributed by atoms with Crippen LogP contribution in [0.4, 0.5) is 0 Å². The van der Waals surface area contributed by atoms with Crippen LogP contribution < -0.4 is 10.3 Å². The molecule has 0 aliphatic carbocycles. The second kappa shape index (κ2) is 6.94. The van der Waals surface area contributed by atoms with Gasteiger partial charge in [-0.15, -0.1) is 0 Å². The molecule has 2 aromatic rings. The molecule has 0 aliphatic rings. The van der Waals surface area contributed by atoms with Gasteiger partial charge in [0.25, 0.3) is 5.56 Å². The van der Waals surface area contributed by atoms with Gasteiger partial charge >= 0.3 is 0 Å². The summed E-state index contributed by atoms with van der Waals surface area (Å²) in [6, 6.07) is 7.44. The molecule has 0 saturated carbocycles. The van der Waals surface area contributed by atoms with Gasteiger partial charge in [0.05, 0.1) is 12.8 Å². The van der Waals surface area contributed by atoms with Crippen LogP contribution in [0.5, 0.6) is 5.75 Å². The third-order valence-corrected chi connectivity index (χ3v) is 2.95. The molecule has 0 spiro atoms. The van der Waals surface area contributed by atoms with Gasteiger partial charge in [-0.05, 0) is 55.4 Å². The first-order valence-corrected chi connectivity index (χ1v) is 6.98. The van der Waals surface area contributed by atoms with Gasteiger partial charge in [-0.25, -0.2) is 0 Å². The Morgan fingerprint density at radius 3 is 2.81 bits per heavy atom. The predicted octanol–water partition coefficient (Wildman–Crippen LogP) is 2.28. The van der Waals surface area contributed by atoms with Crippen LogP contribution >= 0.6 is 12.2 Å². The van der Waals surface area contributed by atoms with Crippen LogP contribution in [0.15, 0.2) is 34.2 Å². The van der Waals surface area contributed by atoms with E-state index in [9.17, 15) is 4.79 Å². The number of nitrogens with one attached hydrogen (secondary N) is 1. The summed E-state index contributed by atoms with van der Waals surface area (Å²) in [5.41, 5.74) is 0.816. The first kappa shape index (κ1) is 15.1. The van der Waals surface area contributed by atoms with E-state index in [1.165, 1.54) is 0 Å². The highest BCUT2D eigenvalue weighted by molar-refractivity contribution is 7.71. The van der Waals surface area contributed by atoms with Crippen molar-refractivity contribution >= 4 is 18.4 Å². The first-order chi connectivity index (χ1) is 10.1. The first-order valence-electron chi connectivity index (χ1n) is 6.57. The van der Waals surface area contributed by atoms with Gasteiger partial charge in [0.1, 0.15) is 11.4 Å². The van der Waals surface area contributed by atoms with Crippen molar-refractivity contribution in [1.29, 1.82) is 0 Å². The summed E-state index contributed by atoms with van der Waals surface area (Å²) in [7, 11) is 0. The molecule has 1 aromatic carbocycles. The second-order valence-corrected chi connectivity index (χ2v) is 4.78. The van der Waals surface area contributed by atoms with Gasteiger partial charge in [-0.1, -0.05) is 6.92 Å². The molecule has 1 N–H and O–H groups in total. The van der Waals surface area contributed by atoms with E-state index < -0.39 is 0 Å². The highest BCUT2D eigenvalue weighted by atomic mass is 32.1. The van der Waals surface area contributed by atoms with E-state index in [4.69, 9.17) is 17.0 Å². The molecule has 7 heteroatoms. The average molecular weight is 304 g/mol. The zero-order chi connectivity index (χ0) is 15.2. The molecule has 0 saturated heterocycles. The van der Waals surface area contributed by atoms with Crippen molar-refractivity contribution < 1.29 is 4.74 Å². The zero-order valence-electron chi connectivity index (χ0n) is 11.9. The molecule has 6 nitrogen and oxygen atoms in total. The quantitative estimate of drug-likeness (QED) is 0.679. The molecule has 1 heterocycles. The number of nitrogens with zero attached hydrogens (tertiary/aromatic N) is 3. The van der Waals surface area contributed by atoms with Crippen molar-refractivity contribution in [2.24, 2.45) is 5.10 Å². The van der Waals surface area contributed by atoms with Gasteiger partial charge in [0.15, 0.2) is 0 Å². The minimum Gasteiger partial charge on any atom is -0.494 e. The number of ether oxygens (including phenoxy) is 1. The molecule has 0 unspecified atom stereocenters. The number of hydrogen-bond acceptors (Lipinski definition) is 5. The summed E-state index contributed by atoms with van der Waals surface area (Å²) in [5, 5.41) is 10.4. The zero-order valence-corrected chi connectivity index (χ0v) is 12.7. The van der Waals surface area contributed by atoms with Crippen LogP contribution in [0.2, 0.25) is 0 Å². The number of aryl methyl sites for hydroxylation is 1. The van der Waals surface area contributed by atoms with Gasteiger partial charge in [0.2, 0.25) is 4.77 Å². The van der Waals surface area contributed by atoms with Crippen molar-refractivity contribution in [3.63, 3.8) is 0 Å². The van der Waals surface area contributed by atoms with Crippen LogP contribution in [0.25, 0.3) is 0 Å². The fraction of sp³-hybridized carbons (Fsp3) is 0.286. The third kappa shape index (κ3) is 3.85. The normalized spacial score (nSPS) is 11.0. The molecule has 0 bridgehead atoms. The Kier molecular flexibility index (Phi) is 4.99. The summed E-state index contributed by atoms with van der Waals surface area (Å²) < 4.78 is 6.76. The van der Waals surface area contributed by atoms with E-state index >= 15 is 0 Å². The van der Waals surface area contributed by atoms with Crippen molar-refractivity contribution in [2.75, 3.05) is 6.61 Å². The number of benzene rings is 1. The summed E-state index contributed by atoms with van der Waals surface area (Å²) >= 11 is 4.99. The van der Waals surface area contributed by atoms with Crippen LogP contribution in [0, 0.1) is 11.7 Å². The molecule has 1 aromatic heterocycles. The van der Waals surface area contributed by atoms with Crippen molar-refractivity contribution in [3.05, 3.63) is 50.6 Å². The third-order valence-electron chi connectivity index (χ3n) is 2.69. The van der Waals surface area contributed by atoms with Crippen LogP contribution in [-0.4, -0.2) is 27.7 Å². The molecule has 110 valence electrons. The number of hydrogen-bond donors (Lipinski definition) is 1. The standard InChI is InChI=1S/C14H16N4O2S/c1-3-8-20-12-6-4-11(5-7-12)9-15-18-13(19)10(2)16-17-14(18)21/h4-7,9H,3,8H2,1-2H3,(H,17,21)/b15-9-. The highest BCUT2D eigenvalue weighted by Crippen LogP contribution is 2.11. The van der Waals surface area contributed by atoms with E-state index in [-0.39, 0.29) is 10.3 Å². The molecule has 21 heavy (non-hydrogen) atoms. The summed E-state index contributed by atoms with van der Waals surface area (Å²) in [4.78, 5) is 11.9. The lowest BCUT2D eigenvalue weighted by Gasteiger charge is -2.04.